The van der Waals surface area contributed by atoms with Gasteiger partial charge in [0.2, 0.25) is 5.88 Å². The van der Waals surface area contributed by atoms with Crippen LogP contribution in [0.1, 0.15) is 6.92 Å². The summed E-state index contributed by atoms with van der Waals surface area (Å²) in [5.41, 5.74) is 4.45. The van der Waals surface area contributed by atoms with Crippen LogP contribution in [0.4, 0.5) is 22.1 Å². The van der Waals surface area contributed by atoms with E-state index in [0.29, 0.717) is 24.1 Å². The predicted molar refractivity (Wildman–Crippen MR) is 120 cm³/mol. The highest BCUT2D eigenvalue weighted by Gasteiger charge is 2.13. The number of fused-ring (bicyclic) bond motifs is 1. The van der Waals surface area contributed by atoms with Crippen molar-refractivity contribution in [3.05, 3.63) is 53.5 Å². The fourth-order valence-electron chi connectivity index (χ4n) is 3.04. The number of hydrogen-bond donors (Lipinski definition) is 3. The van der Waals surface area contributed by atoms with E-state index in [0.717, 1.165) is 27.7 Å². The molecule has 0 fully saturated rings. The van der Waals surface area contributed by atoms with Gasteiger partial charge < -0.3 is 15.4 Å². The van der Waals surface area contributed by atoms with Crippen LogP contribution in [0.25, 0.3) is 22.0 Å². The summed E-state index contributed by atoms with van der Waals surface area (Å²) < 4.78 is 5.20. The first-order valence-corrected chi connectivity index (χ1v) is 10.3. The largest absolute Gasteiger partial charge is 0.481 e. The van der Waals surface area contributed by atoms with Gasteiger partial charge in [0.1, 0.15) is 11.6 Å². The smallest absolute Gasteiger partial charge is 0.320 e. The maximum atomic E-state index is 11.9. The van der Waals surface area contributed by atoms with E-state index in [4.69, 9.17) is 4.74 Å². The van der Waals surface area contributed by atoms with Crippen LogP contribution in [-0.4, -0.2) is 34.6 Å². The molecule has 152 valence electrons. The Morgan fingerprint density at radius 1 is 1.13 bits per heavy atom. The van der Waals surface area contributed by atoms with Crippen molar-refractivity contribution in [1.82, 2.24) is 20.3 Å². The number of hydrogen-bond acceptors (Lipinski definition) is 7. The molecule has 2 amide bonds. The maximum Gasteiger partial charge on any atom is 0.320 e. The number of ether oxygens (including phenoxy) is 1. The highest BCUT2D eigenvalue weighted by Crippen LogP contribution is 2.35. The molecule has 30 heavy (non-hydrogen) atoms. The van der Waals surface area contributed by atoms with Gasteiger partial charge in [-0.15, -0.1) is 11.3 Å². The second kappa shape index (κ2) is 8.75. The highest BCUT2D eigenvalue weighted by molar-refractivity contribution is 7.07. The second-order valence-corrected chi connectivity index (χ2v) is 7.04. The first kappa shape index (κ1) is 19.6. The number of carbonyl (C=O) groups excluding carboxylic acids is 1. The Kier molecular flexibility index (Phi) is 5.71. The van der Waals surface area contributed by atoms with Gasteiger partial charge in [-0.3, -0.25) is 5.32 Å². The lowest BCUT2D eigenvalue weighted by molar-refractivity contribution is 0.252. The standard InChI is InChI=1S/C21H20N6O2S/c1-3-22-21(28)27-19-9-14-13(17-11-30-12-24-17)7-8-16(15(14)10-23-19)25-18-5-4-6-20(26-18)29-2/h4-12H,3H2,1-2H3,(H,25,26)(H2,22,23,27,28). The molecule has 0 aliphatic carbocycles. The molecule has 4 aromatic rings. The van der Waals surface area contributed by atoms with Crippen molar-refractivity contribution in [2.45, 2.75) is 6.92 Å². The number of methoxy groups -OCH3 is 1. The quantitative estimate of drug-likeness (QED) is 0.420. The number of benzene rings is 1. The molecule has 0 atom stereocenters. The minimum atomic E-state index is -0.297. The summed E-state index contributed by atoms with van der Waals surface area (Å²) in [7, 11) is 1.58. The third kappa shape index (κ3) is 4.15. The summed E-state index contributed by atoms with van der Waals surface area (Å²) in [6.07, 6.45) is 1.73. The SMILES string of the molecule is CCNC(=O)Nc1cc2c(-c3cscn3)ccc(Nc3cccc(OC)n3)c2cn1. The van der Waals surface area contributed by atoms with E-state index in [-0.39, 0.29) is 6.03 Å². The van der Waals surface area contributed by atoms with Crippen molar-refractivity contribution in [2.24, 2.45) is 0 Å². The number of pyridine rings is 2. The molecule has 9 heteroatoms. The fourth-order valence-corrected chi connectivity index (χ4v) is 3.59. The van der Waals surface area contributed by atoms with Gasteiger partial charge in [0, 0.05) is 40.8 Å². The van der Waals surface area contributed by atoms with E-state index in [9.17, 15) is 4.79 Å². The first-order chi connectivity index (χ1) is 14.7. The molecule has 1 aromatic carbocycles. The van der Waals surface area contributed by atoms with Gasteiger partial charge in [0.25, 0.3) is 0 Å². The van der Waals surface area contributed by atoms with Crippen molar-refractivity contribution >= 4 is 45.5 Å². The Balaban J connectivity index is 1.78. The van der Waals surface area contributed by atoms with Crippen LogP contribution in [0.5, 0.6) is 5.88 Å². The maximum absolute atomic E-state index is 11.9. The van der Waals surface area contributed by atoms with Crippen molar-refractivity contribution in [2.75, 3.05) is 24.3 Å². The van der Waals surface area contributed by atoms with E-state index >= 15 is 0 Å². The lowest BCUT2D eigenvalue weighted by atomic mass is 10.0. The van der Waals surface area contributed by atoms with Gasteiger partial charge in [-0.05, 0) is 30.5 Å². The van der Waals surface area contributed by atoms with E-state index in [1.54, 1.807) is 24.9 Å². The fraction of sp³-hybridized carbons (Fsp3) is 0.143. The molecule has 0 aliphatic heterocycles. The number of urea groups is 1. The number of amides is 2. The molecule has 3 N–H and O–H groups in total. The molecule has 0 aliphatic rings. The summed E-state index contributed by atoms with van der Waals surface area (Å²) in [5, 5.41) is 12.6. The van der Waals surface area contributed by atoms with E-state index in [1.165, 1.54) is 11.3 Å². The number of nitrogens with zero attached hydrogens (tertiary/aromatic N) is 3. The molecule has 3 aromatic heterocycles. The average Bonchev–Trinajstić information content (AvgIpc) is 3.29. The van der Waals surface area contributed by atoms with Crippen LogP contribution in [0.2, 0.25) is 0 Å². The molecule has 0 spiro atoms. The number of thiazole rings is 1. The topological polar surface area (TPSA) is 101 Å². The third-order valence-electron chi connectivity index (χ3n) is 4.38. The van der Waals surface area contributed by atoms with Gasteiger partial charge in [-0.25, -0.2) is 14.8 Å². The Morgan fingerprint density at radius 2 is 2.03 bits per heavy atom. The molecule has 8 nitrogen and oxygen atoms in total. The molecule has 0 unspecified atom stereocenters. The normalized spacial score (nSPS) is 10.6. The minimum absolute atomic E-state index is 0.297. The predicted octanol–water partition coefficient (Wildman–Crippen LogP) is 4.65. The second-order valence-electron chi connectivity index (χ2n) is 6.32. The summed E-state index contributed by atoms with van der Waals surface area (Å²) in [6, 6.07) is 11.0. The van der Waals surface area contributed by atoms with E-state index in [1.807, 2.05) is 42.6 Å². The lowest BCUT2D eigenvalue weighted by Gasteiger charge is -2.14. The van der Waals surface area contributed by atoms with Gasteiger partial charge in [-0.1, -0.05) is 12.1 Å². The van der Waals surface area contributed by atoms with Gasteiger partial charge >= 0.3 is 6.03 Å². The Morgan fingerprint density at radius 3 is 2.80 bits per heavy atom. The number of aromatic nitrogens is 3. The third-order valence-corrected chi connectivity index (χ3v) is 4.97. The average molecular weight is 420 g/mol. The summed E-state index contributed by atoms with van der Waals surface area (Å²) >= 11 is 1.53. The summed E-state index contributed by atoms with van der Waals surface area (Å²) in [4.78, 5) is 25.2. The zero-order valence-corrected chi connectivity index (χ0v) is 17.3. The molecule has 0 saturated carbocycles. The number of rotatable bonds is 6. The van der Waals surface area contributed by atoms with E-state index in [2.05, 4.69) is 30.9 Å². The van der Waals surface area contributed by atoms with Crippen LogP contribution in [-0.2, 0) is 0 Å². The summed E-state index contributed by atoms with van der Waals surface area (Å²) in [6.45, 7) is 2.39. The molecule has 3 heterocycles. The van der Waals surface area contributed by atoms with Crippen LogP contribution < -0.4 is 20.7 Å². The monoisotopic (exact) mass is 420 g/mol. The lowest BCUT2D eigenvalue weighted by Crippen LogP contribution is -2.28. The van der Waals surface area contributed by atoms with Gasteiger partial charge in [0.05, 0.1) is 18.3 Å². The van der Waals surface area contributed by atoms with Gasteiger partial charge in [0.15, 0.2) is 0 Å². The zero-order chi connectivity index (χ0) is 20.9. The molecule has 0 radical (unpaired) electrons. The first-order valence-electron chi connectivity index (χ1n) is 9.32. The molecule has 4 rings (SSSR count). The number of nitrogens with one attached hydrogen (secondary N) is 3. The molecular formula is C21H20N6O2S. The van der Waals surface area contributed by atoms with Crippen LogP contribution >= 0.6 is 11.3 Å². The van der Waals surface area contributed by atoms with Crippen molar-refractivity contribution in [1.29, 1.82) is 0 Å². The van der Waals surface area contributed by atoms with Crippen LogP contribution in [0.3, 0.4) is 0 Å². The molecule has 0 bridgehead atoms. The Labute approximate surface area is 177 Å². The summed E-state index contributed by atoms with van der Waals surface area (Å²) in [5.74, 6) is 1.64. The molecular weight excluding hydrogens is 400 g/mol. The van der Waals surface area contributed by atoms with E-state index < -0.39 is 0 Å². The van der Waals surface area contributed by atoms with Crippen molar-refractivity contribution in [3.8, 4) is 17.1 Å². The van der Waals surface area contributed by atoms with Gasteiger partial charge in [-0.2, -0.15) is 4.98 Å². The Bertz CT molecular complexity index is 1180. The number of anilines is 3. The van der Waals surface area contributed by atoms with Crippen molar-refractivity contribution < 1.29 is 9.53 Å². The zero-order valence-electron chi connectivity index (χ0n) is 16.5. The Hall–Kier alpha value is -3.72. The van der Waals surface area contributed by atoms with Crippen LogP contribution in [0.15, 0.2) is 53.5 Å². The van der Waals surface area contributed by atoms with Crippen molar-refractivity contribution in [3.63, 3.8) is 0 Å². The van der Waals surface area contributed by atoms with Crippen LogP contribution in [0, 0.1) is 0 Å². The highest BCUT2D eigenvalue weighted by atomic mass is 32.1. The number of carbonyl (C=O) groups is 1. The minimum Gasteiger partial charge on any atom is -0.481 e. The molecule has 0 saturated heterocycles.